The number of rotatable bonds is 7. The number of carboxylic acid groups (broad SMARTS) is 1. The van der Waals surface area contributed by atoms with E-state index in [0.29, 0.717) is 6.42 Å². The number of carboxylic acids is 1. The molecular weight excluding hydrogens is 274 g/mol. The van der Waals surface area contributed by atoms with E-state index in [1.54, 1.807) is 6.92 Å². The molecule has 2 N–H and O–H groups in total. The summed E-state index contributed by atoms with van der Waals surface area (Å²) >= 11 is 0. The van der Waals surface area contributed by atoms with Gasteiger partial charge in [-0.05, 0) is 12.5 Å². The van der Waals surface area contributed by atoms with Gasteiger partial charge in [0.15, 0.2) is 0 Å². The maximum Gasteiger partial charge on any atom is 0.326 e. The van der Waals surface area contributed by atoms with Gasteiger partial charge in [-0.1, -0.05) is 13.3 Å². The number of nitro benzene ring substituents is 1. The second kappa shape index (κ2) is 6.78. The van der Waals surface area contributed by atoms with Crippen LogP contribution in [-0.2, 0) is 4.79 Å². The van der Waals surface area contributed by atoms with Crippen LogP contribution in [0, 0.1) is 10.1 Å². The molecule has 1 aromatic rings. The van der Waals surface area contributed by atoms with Crippen molar-refractivity contribution in [3.63, 3.8) is 0 Å². The first-order valence-electron chi connectivity index (χ1n) is 5.92. The third-order valence-electron chi connectivity index (χ3n) is 2.69. The van der Waals surface area contributed by atoms with Gasteiger partial charge in [-0.2, -0.15) is 0 Å². The Bertz CT molecular complexity index is 508. The lowest BCUT2D eigenvalue weighted by molar-refractivity contribution is -0.385. The minimum Gasteiger partial charge on any atom is -0.480 e. The molecule has 0 radical (unpaired) electrons. The third kappa shape index (κ3) is 3.87. The van der Waals surface area contributed by atoms with E-state index in [1.165, 1.54) is 0 Å². The van der Waals surface area contributed by atoms with Gasteiger partial charge in [0.25, 0.3) is 12.1 Å². The Balaban J connectivity index is 3.10. The summed E-state index contributed by atoms with van der Waals surface area (Å²) in [7, 11) is 0. The molecule has 1 unspecified atom stereocenters. The van der Waals surface area contributed by atoms with Crippen molar-refractivity contribution in [1.82, 2.24) is 0 Å². The normalized spacial score (nSPS) is 12.2. The molecule has 6 nitrogen and oxygen atoms in total. The Morgan fingerprint density at radius 2 is 2.15 bits per heavy atom. The molecule has 0 aromatic heterocycles. The summed E-state index contributed by atoms with van der Waals surface area (Å²) in [5.41, 5.74) is -1.15. The van der Waals surface area contributed by atoms with Crippen molar-refractivity contribution in [3.8, 4) is 0 Å². The average molecular weight is 288 g/mol. The van der Waals surface area contributed by atoms with E-state index in [9.17, 15) is 23.7 Å². The van der Waals surface area contributed by atoms with Crippen molar-refractivity contribution in [3.05, 3.63) is 33.9 Å². The summed E-state index contributed by atoms with van der Waals surface area (Å²) in [5, 5.41) is 22.0. The van der Waals surface area contributed by atoms with Crippen LogP contribution >= 0.6 is 0 Å². The number of anilines is 1. The van der Waals surface area contributed by atoms with Crippen LogP contribution in [0.5, 0.6) is 0 Å². The molecule has 0 saturated carbocycles. The highest BCUT2D eigenvalue weighted by atomic mass is 19.3. The fourth-order valence-corrected chi connectivity index (χ4v) is 1.71. The molecule has 0 heterocycles. The summed E-state index contributed by atoms with van der Waals surface area (Å²) in [4.78, 5) is 20.8. The maximum absolute atomic E-state index is 12.9. The topological polar surface area (TPSA) is 92.5 Å². The Morgan fingerprint density at radius 1 is 1.50 bits per heavy atom. The van der Waals surface area contributed by atoms with Crippen LogP contribution in [0.4, 0.5) is 20.2 Å². The van der Waals surface area contributed by atoms with E-state index in [0.717, 1.165) is 18.2 Å². The zero-order valence-corrected chi connectivity index (χ0v) is 10.7. The molecule has 0 aliphatic heterocycles. The Morgan fingerprint density at radius 3 is 2.60 bits per heavy atom. The number of hydrogen-bond acceptors (Lipinski definition) is 4. The number of aliphatic carboxylic acids is 1. The number of halogens is 2. The van der Waals surface area contributed by atoms with Crippen molar-refractivity contribution in [2.75, 3.05) is 5.32 Å². The quantitative estimate of drug-likeness (QED) is 0.593. The second-order valence-electron chi connectivity index (χ2n) is 4.15. The molecule has 0 fully saturated rings. The summed E-state index contributed by atoms with van der Waals surface area (Å²) in [5.74, 6) is -1.16. The molecule has 20 heavy (non-hydrogen) atoms. The van der Waals surface area contributed by atoms with Crippen LogP contribution < -0.4 is 5.32 Å². The molecule has 0 aliphatic carbocycles. The van der Waals surface area contributed by atoms with E-state index in [2.05, 4.69) is 5.32 Å². The van der Waals surface area contributed by atoms with Gasteiger partial charge in [0.05, 0.1) is 4.92 Å². The number of alkyl halides is 2. The molecule has 1 atom stereocenters. The van der Waals surface area contributed by atoms with Crippen molar-refractivity contribution in [2.45, 2.75) is 32.2 Å². The summed E-state index contributed by atoms with van der Waals surface area (Å²) in [6, 6.07) is 1.89. The number of hydrogen-bond donors (Lipinski definition) is 2. The van der Waals surface area contributed by atoms with E-state index in [1.807, 2.05) is 0 Å². The van der Waals surface area contributed by atoms with Crippen LogP contribution in [0.2, 0.25) is 0 Å². The second-order valence-corrected chi connectivity index (χ2v) is 4.15. The summed E-state index contributed by atoms with van der Waals surface area (Å²) in [6.07, 6.45) is -2.12. The molecule has 0 saturated heterocycles. The van der Waals surface area contributed by atoms with Gasteiger partial charge in [-0.3, -0.25) is 10.1 Å². The maximum atomic E-state index is 12.9. The molecule has 1 rings (SSSR count). The van der Waals surface area contributed by atoms with Gasteiger partial charge < -0.3 is 10.4 Å². The van der Waals surface area contributed by atoms with Crippen molar-refractivity contribution < 1.29 is 23.6 Å². The van der Waals surface area contributed by atoms with E-state index in [-0.39, 0.29) is 12.1 Å². The predicted octanol–water partition coefficient (Wildman–Crippen LogP) is 3.20. The highest BCUT2D eigenvalue weighted by molar-refractivity contribution is 5.78. The highest BCUT2D eigenvalue weighted by Crippen LogP contribution is 2.31. The van der Waals surface area contributed by atoms with E-state index >= 15 is 0 Å². The molecule has 0 aliphatic rings. The number of benzene rings is 1. The minimum absolute atomic E-state index is 0.105. The van der Waals surface area contributed by atoms with Crippen LogP contribution in [-0.4, -0.2) is 22.0 Å². The predicted molar refractivity (Wildman–Crippen MR) is 68.0 cm³/mol. The Labute approximate surface area is 113 Å². The number of nitro groups is 1. The lowest BCUT2D eigenvalue weighted by Gasteiger charge is -2.17. The number of carbonyl (C=O) groups is 1. The van der Waals surface area contributed by atoms with Crippen LogP contribution in [0.25, 0.3) is 0 Å². The van der Waals surface area contributed by atoms with Gasteiger partial charge in [-0.15, -0.1) is 0 Å². The van der Waals surface area contributed by atoms with Crippen molar-refractivity contribution in [2.24, 2.45) is 0 Å². The van der Waals surface area contributed by atoms with Crippen LogP contribution in [0.3, 0.4) is 0 Å². The lowest BCUT2D eigenvalue weighted by atomic mass is 10.1. The summed E-state index contributed by atoms with van der Waals surface area (Å²) in [6.45, 7) is 1.77. The number of non-ortho nitro benzene ring substituents is 1. The zero-order valence-electron chi connectivity index (χ0n) is 10.7. The van der Waals surface area contributed by atoms with Gasteiger partial charge in [0.2, 0.25) is 0 Å². The molecule has 8 heteroatoms. The van der Waals surface area contributed by atoms with Gasteiger partial charge in [-0.25, -0.2) is 13.6 Å². The third-order valence-corrected chi connectivity index (χ3v) is 2.69. The SMILES string of the molecule is CCCC(Nc1ccc([N+](=O)[O-])cc1C(F)F)C(=O)O. The fourth-order valence-electron chi connectivity index (χ4n) is 1.71. The van der Waals surface area contributed by atoms with Gasteiger partial charge in [0.1, 0.15) is 6.04 Å². The van der Waals surface area contributed by atoms with Crippen LogP contribution in [0.15, 0.2) is 18.2 Å². The summed E-state index contributed by atoms with van der Waals surface area (Å²) < 4.78 is 25.8. The standard InChI is InChI=1S/C12H14F2N2O4/c1-2-3-10(12(17)18)15-9-5-4-7(16(19)20)6-8(9)11(13)14/h4-6,10-11,15H,2-3H2,1H3,(H,17,18). The van der Waals surface area contributed by atoms with Crippen molar-refractivity contribution >= 4 is 17.3 Å². The lowest BCUT2D eigenvalue weighted by Crippen LogP contribution is -2.29. The number of nitrogens with zero attached hydrogens (tertiary/aromatic N) is 1. The van der Waals surface area contributed by atoms with E-state index in [4.69, 9.17) is 5.11 Å². The Hall–Kier alpha value is -2.25. The molecule has 1 aromatic carbocycles. The Kier molecular flexibility index (Phi) is 5.36. The van der Waals surface area contributed by atoms with Gasteiger partial charge in [0, 0.05) is 23.4 Å². The zero-order chi connectivity index (χ0) is 15.3. The van der Waals surface area contributed by atoms with Crippen LogP contribution in [0.1, 0.15) is 31.8 Å². The first-order valence-corrected chi connectivity index (χ1v) is 5.92. The fraction of sp³-hybridized carbons (Fsp3) is 0.417. The monoisotopic (exact) mass is 288 g/mol. The molecule has 0 bridgehead atoms. The minimum atomic E-state index is -2.94. The number of nitrogens with one attached hydrogen (secondary N) is 1. The molecule has 110 valence electrons. The molecule has 0 spiro atoms. The smallest absolute Gasteiger partial charge is 0.326 e. The first-order chi connectivity index (χ1) is 9.36. The largest absolute Gasteiger partial charge is 0.480 e. The first kappa shape index (κ1) is 15.8. The van der Waals surface area contributed by atoms with Crippen molar-refractivity contribution in [1.29, 1.82) is 0 Å². The van der Waals surface area contributed by atoms with E-state index < -0.39 is 34.6 Å². The van der Waals surface area contributed by atoms with Gasteiger partial charge >= 0.3 is 5.97 Å². The molecular formula is C12H14F2N2O4. The average Bonchev–Trinajstić information content (AvgIpc) is 2.37. The molecule has 0 amide bonds. The highest BCUT2D eigenvalue weighted by Gasteiger charge is 2.22.